The summed E-state index contributed by atoms with van der Waals surface area (Å²) in [6.07, 6.45) is 1.27. The number of carbonyl (C=O) groups is 1. The minimum absolute atomic E-state index is 0.0957. The van der Waals surface area contributed by atoms with Gasteiger partial charge in [0.1, 0.15) is 5.75 Å². The number of ketones is 1. The SMILES string of the molecule is O=C(c1c[nH]c(=O)c(-c2ccc([N+](=O)[O-])cc2)c1)c1ccccc1O. The number of non-ortho nitro benzene ring substituents is 1. The first kappa shape index (κ1) is 16.1. The summed E-state index contributed by atoms with van der Waals surface area (Å²) in [7, 11) is 0. The normalized spacial score (nSPS) is 10.4. The van der Waals surface area contributed by atoms with Gasteiger partial charge in [-0.3, -0.25) is 19.7 Å². The Labute approximate surface area is 141 Å². The van der Waals surface area contributed by atoms with Gasteiger partial charge in [0.15, 0.2) is 5.78 Å². The molecule has 0 aliphatic carbocycles. The fourth-order valence-electron chi connectivity index (χ4n) is 2.41. The molecule has 0 spiro atoms. The molecule has 1 aromatic heterocycles. The minimum atomic E-state index is -0.536. The summed E-state index contributed by atoms with van der Waals surface area (Å²) in [5.41, 5.74) is 0.429. The lowest BCUT2D eigenvalue weighted by Gasteiger charge is -2.06. The van der Waals surface area contributed by atoms with Crippen LogP contribution in [-0.4, -0.2) is 20.8 Å². The third-order valence-corrected chi connectivity index (χ3v) is 3.70. The molecular formula is C18H12N2O5. The number of hydrogen-bond acceptors (Lipinski definition) is 5. The zero-order valence-electron chi connectivity index (χ0n) is 12.8. The number of pyridine rings is 1. The van der Waals surface area contributed by atoms with Gasteiger partial charge in [-0.2, -0.15) is 0 Å². The van der Waals surface area contributed by atoms with Gasteiger partial charge in [-0.1, -0.05) is 12.1 Å². The number of para-hydroxylation sites is 1. The number of nitrogens with zero attached hydrogens (tertiary/aromatic N) is 1. The third kappa shape index (κ3) is 3.16. The number of nitro benzene ring substituents is 1. The van der Waals surface area contributed by atoms with Crippen LogP contribution in [0.15, 0.2) is 65.6 Å². The zero-order valence-corrected chi connectivity index (χ0v) is 12.8. The molecule has 0 saturated carbocycles. The molecule has 7 nitrogen and oxygen atoms in total. The maximum Gasteiger partial charge on any atom is 0.269 e. The largest absolute Gasteiger partial charge is 0.507 e. The van der Waals surface area contributed by atoms with E-state index in [2.05, 4.69) is 4.98 Å². The molecule has 124 valence electrons. The summed E-state index contributed by atoms with van der Waals surface area (Å²) >= 11 is 0. The number of aromatic hydroxyl groups is 1. The molecule has 0 radical (unpaired) electrons. The maximum absolute atomic E-state index is 12.5. The molecule has 3 aromatic rings. The highest BCUT2D eigenvalue weighted by atomic mass is 16.6. The van der Waals surface area contributed by atoms with Crippen LogP contribution >= 0.6 is 0 Å². The van der Waals surface area contributed by atoms with Crippen molar-refractivity contribution in [3.05, 3.63) is 92.4 Å². The number of carbonyl (C=O) groups excluding carboxylic acids is 1. The molecule has 1 heterocycles. The number of nitrogens with one attached hydrogen (secondary N) is 1. The second kappa shape index (κ2) is 6.40. The summed E-state index contributed by atoms with van der Waals surface area (Å²) in [6.45, 7) is 0. The average Bonchev–Trinajstić information content (AvgIpc) is 2.62. The lowest BCUT2D eigenvalue weighted by molar-refractivity contribution is -0.384. The molecule has 0 fully saturated rings. The molecule has 0 aliphatic rings. The molecular weight excluding hydrogens is 324 g/mol. The van der Waals surface area contributed by atoms with Crippen molar-refractivity contribution >= 4 is 11.5 Å². The number of phenols is 1. The molecule has 0 bridgehead atoms. The Bertz CT molecular complexity index is 1020. The van der Waals surface area contributed by atoms with Crippen LogP contribution in [0.3, 0.4) is 0 Å². The molecule has 2 aromatic carbocycles. The van der Waals surface area contributed by atoms with Crippen molar-refractivity contribution < 1.29 is 14.8 Å². The van der Waals surface area contributed by atoms with Crippen molar-refractivity contribution in [2.75, 3.05) is 0 Å². The number of aromatic nitrogens is 1. The first-order chi connectivity index (χ1) is 12.0. The lowest BCUT2D eigenvalue weighted by Crippen LogP contribution is -2.12. The highest BCUT2D eigenvalue weighted by Gasteiger charge is 2.16. The lowest BCUT2D eigenvalue weighted by atomic mass is 10.00. The van der Waals surface area contributed by atoms with Crippen LogP contribution in [-0.2, 0) is 0 Å². The van der Waals surface area contributed by atoms with Crippen LogP contribution in [0.4, 0.5) is 5.69 Å². The summed E-state index contributed by atoms with van der Waals surface area (Å²) in [5.74, 6) is -0.604. The van der Waals surface area contributed by atoms with E-state index in [0.29, 0.717) is 5.56 Å². The predicted molar refractivity (Wildman–Crippen MR) is 90.7 cm³/mol. The van der Waals surface area contributed by atoms with Crippen molar-refractivity contribution in [2.24, 2.45) is 0 Å². The smallest absolute Gasteiger partial charge is 0.269 e. The molecule has 3 rings (SSSR count). The molecule has 0 atom stereocenters. The van der Waals surface area contributed by atoms with Gasteiger partial charge in [-0.25, -0.2) is 0 Å². The first-order valence-corrected chi connectivity index (χ1v) is 7.27. The van der Waals surface area contributed by atoms with Crippen LogP contribution < -0.4 is 5.56 Å². The number of aromatic amines is 1. The van der Waals surface area contributed by atoms with E-state index < -0.39 is 16.3 Å². The average molecular weight is 336 g/mol. The van der Waals surface area contributed by atoms with E-state index in [4.69, 9.17) is 0 Å². The fraction of sp³-hybridized carbons (Fsp3) is 0. The summed E-state index contributed by atoms with van der Waals surface area (Å²) < 4.78 is 0. The molecule has 0 aliphatic heterocycles. The monoisotopic (exact) mass is 336 g/mol. The Balaban J connectivity index is 2.04. The quantitative estimate of drug-likeness (QED) is 0.432. The van der Waals surface area contributed by atoms with Crippen molar-refractivity contribution in [3.63, 3.8) is 0 Å². The van der Waals surface area contributed by atoms with Crippen LogP contribution in [0.1, 0.15) is 15.9 Å². The zero-order chi connectivity index (χ0) is 18.0. The van der Waals surface area contributed by atoms with Crippen LogP contribution in [0.5, 0.6) is 5.75 Å². The number of H-pyrrole nitrogens is 1. The second-order valence-electron chi connectivity index (χ2n) is 5.28. The van der Waals surface area contributed by atoms with E-state index in [-0.39, 0.29) is 28.1 Å². The summed E-state index contributed by atoms with van der Waals surface area (Å²) in [6, 6.07) is 12.9. The minimum Gasteiger partial charge on any atom is -0.507 e. The van der Waals surface area contributed by atoms with Crippen LogP contribution in [0, 0.1) is 10.1 Å². The molecule has 0 unspecified atom stereocenters. The summed E-state index contributed by atoms with van der Waals surface area (Å²) in [5, 5.41) is 20.5. The molecule has 7 heteroatoms. The number of nitro groups is 1. The van der Waals surface area contributed by atoms with Gasteiger partial charge in [0.05, 0.1) is 10.5 Å². The van der Waals surface area contributed by atoms with E-state index >= 15 is 0 Å². The Kier molecular flexibility index (Phi) is 4.13. The number of hydrogen-bond donors (Lipinski definition) is 2. The third-order valence-electron chi connectivity index (χ3n) is 3.70. The first-order valence-electron chi connectivity index (χ1n) is 7.27. The van der Waals surface area contributed by atoms with Crippen LogP contribution in [0.25, 0.3) is 11.1 Å². The molecule has 25 heavy (non-hydrogen) atoms. The van der Waals surface area contributed by atoms with Crippen molar-refractivity contribution in [2.45, 2.75) is 0 Å². The predicted octanol–water partition coefficient (Wildman–Crippen LogP) is 2.89. The van der Waals surface area contributed by atoms with Crippen molar-refractivity contribution in [3.8, 4) is 16.9 Å². The number of benzene rings is 2. The topological polar surface area (TPSA) is 113 Å². The maximum atomic E-state index is 12.5. The Morgan fingerprint density at radius 2 is 1.76 bits per heavy atom. The van der Waals surface area contributed by atoms with Gasteiger partial charge >= 0.3 is 0 Å². The highest BCUT2D eigenvalue weighted by molar-refractivity contribution is 6.10. The van der Waals surface area contributed by atoms with Gasteiger partial charge in [-0.15, -0.1) is 0 Å². The van der Waals surface area contributed by atoms with Gasteiger partial charge in [0.2, 0.25) is 0 Å². The molecule has 0 amide bonds. The van der Waals surface area contributed by atoms with E-state index in [9.17, 15) is 24.8 Å². The molecule has 0 saturated heterocycles. The fourth-order valence-corrected chi connectivity index (χ4v) is 2.41. The van der Waals surface area contributed by atoms with E-state index in [0.717, 1.165) is 0 Å². The van der Waals surface area contributed by atoms with E-state index in [1.165, 1.54) is 48.7 Å². The molecule has 2 N–H and O–H groups in total. The van der Waals surface area contributed by atoms with Gasteiger partial charge in [0.25, 0.3) is 11.2 Å². The van der Waals surface area contributed by atoms with Crippen LogP contribution in [0.2, 0.25) is 0 Å². The van der Waals surface area contributed by atoms with Gasteiger partial charge in [-0.05, 0) is 35.9 Å². The summed E-state index contributed by atoms with van der Waals surface area (Å²) in [4.78, 5) is 37.3. The number of phenolic OH excluding ortho intramolecular Hbond substituents is 1. The highest BCUT2D eigenvalue weighted by Crippen LogP contribution is 2.23. The van der Waals surface area contributed by atoms with E-state index in [1.807, 2.05) is 0 Å². The van der Waals surface area contributed by atoms with Gasteiger partial charge < -0.3 is 10.1 Å². The van der Waals surface area contributed by atoms with Gasteiger partial charge in [0, 0.05) is 29.5 Å². The van der Waals surface area contributed by atoms with Crippen molar-refractivity contribution in [1.82, 2.24) is 4.98 Å². The van der Waals surface area contributed by atoms with Crippen molar-refractivity contribution in [1.29, 1.82) is 0 Å². The number of rotatable bonds is 4. The second-order valence-corrected chi connectivity index (χ2v) is 5.28. The Hall–Kier alpha value is -3.74. The Morgan fingerprint density at radius 3 is 2.40 bits per heavy atom. The standard InChI is InChI=1S/C18H12N2O5/c21-16-4-2-1-3-14(16)17(22)12-9-15(18(23)19-10-12)11-5-7-13(8-6-11)20(24)25/h1-10,21H,(H,19,23). The Morgan fingerprint density at radius 1 is 1.08 bits per heavy atom. The van der Waals surface area contributed by atoms with E-state index in [1.54, 1.807) is 12.1 Å².